The first-order valence-electron chi connectivity index (χ1n) is 3.44. The minimum atomic E-state index is -0.518. The van der Waals surface area contributed by atoms with E-state index in [-0.39, 0.29) is 158 Å². The molecule has 0 radical (unpaired) electrons. The van der Waals surface area contributed by atoms with Crippen LogP contribution in [-0.4, -0.2) is 165 Å². The Morgan fingerprint density at radius 2 is 1.55 bits per heavy atom. The highest BCUT2D eigenvalue weighted by Gasteiger charge is 2.15. The van der Waals surface area contributed by atoms with Gasteiger partial charge in [-0.1, -0.05) is 0 Å². The molecule has 14 heteroatoms. The van der Waals surface area contributed by atoms with E-state index in [9.17, 15) is 10.1 Å². The molecular formula is C6H33Al8N3O3. The van der Waals surface area contributed by atoms with Gasteiger partial charge < -0.3 is 15.2 Å². The molecule has 0 spiro atoms. The fourth-order valence-electron chi connectivity index (χ4n) is 0.978. The number of nitro groups is 1. The van der Waals surface area contributed by atoms with Crippen LogP contribution in [0.3, 0.4) is 0 Å². The predicted octanol–water partition coefficient (Wildman–Crippen LogP) is -9.38. The summed E-state index contributed by atoms with van der Waals surface area (Å²) in [7, 11) is 0. The van der Waals surface area contributed by atoms with Crippen molar-refractivity contribution in [2.24, 2.45) is 0 Å². The summed E-state index contributed by atoms with van der Waals surface area (Å²) in [4.78, 5) is 13.6. The molecule has 0 aromatic carbocycles. The molecule has 0 fully saturated rings. The first-order chi connectivity index (χ1) is 5.66. The lowest BCUT2D eigenvalue weighted by molar-refractivity contribution is -0.392. The molecule has 0 saturated heterocycles. The molecule has 114 valence electrons. The molecule has 0 unspecified atom stereocenters. The Kier molecular flexibility index (Phi) is 66.1. The van der Waals surface area contributed by atoms with Gasteiger partial charge in [-0.25, -0.2) is 9.55 Å². The Labute approximate surface area is 204 Å². The van der Waals surface area contributed by atoms with Crippen molar-refractivity contribution in [3.05, 3.63) is 22.1 Å². The Morgan fingerprint density at radius 3 is 1.85 bits per heavy atom. The van der Waals surface area contributed by atoms with Crippen LogP contribution in [0.1, 0.15) is 5.82 Å². The summed E-state index contributed by atoms with van der Waals surface area (Å²) in [6, 6.07) is 0. The summed E-state index contributed by atoms with van der Waals surface area (Å²) >= 11 is 0. The lowest BCUT2D eigenvalue weighted by atomic mass is 10.6. The number of rotatable bonds is 3. The molecule has 0 aliphatic rings. The van der Waals surface area contributed by atoms with Crippen molar-refractivity contribution in [1.82, 2.24) is 9.55 Å². The van der Waals surface area contributed by atoms with Gasteiger partial charge >= 0.3 is 5.82 Å². The zero-order valence-corrected chi connectivity index (χ0v) is 6.60. The maximum Gasteiger partial charge on any atom is 0.342 e. The smallest absolute Gasteiger partial charge is 0.342 e. The van der Waals surface area contributed by atoms with E-state index in [1.165, 1.54) is 10.8 Å². The summed E-state index contributed by atoms with van der Waals surface area (Å²) in [5.74, 6) is 0.456. The van der Waals surface area contributed by atoms with Crippen LogP contribution in [0.4, 0.5) is 5.82 Å². The van der Waals surface area contributed by atoms with Gasteiger partial charge in [0.2, 0.25) is 0 Å². The van der Waals surface area contributed by atoms with Crippen LogP contribution < -0.4 is 0 Å². The third-order valence-electron chi connectivity index (χ3n) is 1.54. The summed E-state index contributed by atoms with van der Waals surface area (Å²) in [6.07, 6.45) is 1.19. The molecule has 6 nitrogen and oxygen atoms in total. The van der Waals surface area contributed by atoms with Crippen molar-refractivity contribution in [3.8, 4) is 0 Å². The summed E-state index contributed by atoms with van der Waals surface area (Å²) in [5, 5.41) is 19.0. The standard InChI is InChI=1S/C6H9N3O3.8Al.24H/c1-5-7-4-6(9(11)12)8(5)2-3-10;;;;;;;;;;;;;;;;;;;;;;;;;;;;;;;;/h4,10H,2-3H2,1H3;;;;;;;;;;;;;;;;;;;;;;;;;;;;;;;;. The zero-order valence-electron chi connectivity index (χ0n) is 6.60. The van der Waals surface area contributed by atoms with Crippen LogP contribution in [0.2, 0.25) is 0 Å². The minimum Gasteiger partial charge on any atom is -0.392 e. The predicted molar refractivity (Wildman–Crippen MR) is 120 cm³/mol. The highest BCUT2D eigenvalue weighted by molar-refractivity contribution is 5.76. The van der Waals surface area contributed by atoms with Crippen LogP contribution in [0.15, 0.2) is 6.20 Å². The van der Waals surface area contributed by atoms with Crippen molar-refractivity contribution in [1.29, 1.82) is 0 Å². The first-order valence-corrected chi connectivity index (χ1v) is 3.44. The fraction of sp³-hybridized carbons (Fsp3) is 0.500. The lowest BCUT2D eigenvalue weighted by Crippen LogP contribution is -2.07. The van der Waals surface area contributed by atoms with Gasteiger partial charge in [-0.15, -0.1) is 0 Å². The fourth-order valence-corrected chi connectivity index (χ4v) is 0.978. The molecule has 0 aliphatic carbocycles. The number of imidazole rings is 1. The van der Waals surface area contributed by atoms with Crippen LogP contribution in [0, 0.1) is 17.0 Å². The number of hydrogen-bond donors (Lipinski definition) is 1. The largest absolute Gasteiger partial charge is 0.392 e. The van der Waals surface area contributed by atoms with Gasteiger partial charge in [0, 0.05) is 6.92 Å². The second-order valence-corrected chi connectivity index (χ2v) is 2.30. The molecule has 1 heterocycles. The zero-order chi connectivity index (χ0) is 9.14. The molecule has 1 rings (SSSR count). The molecule has 0 atom stereocenters. The van der Waals surface area contributed by atoms with Crippen molar-refractivity contribution in [3.63, 3.8) is 0 Å². The van der Waals surface area contributed by atoms with Crippen LogP contribution in [0.25, 0.3) is 0 Å². The number of aromatic nitrogens is 2. The van der Waals surface area contributed by atoms with Crippen molar-refractivity contribution in [2.75, 3.05) is 6.61 Å². The average molecular weight is 411 g/mol. The average Bonchev–Trinajstić information content (AvgIpc) is 2.34. The third kappa shape index (κ3) is 15.7. The number of aryl methyl sites for hydroxylation is 1. The van der Waals surface area contributed by atoms with E-state index >= 15 is 0 Å². The molecule has 0 aliphatic heterocycles. The molecule has 0 saturated carbocycles. The summed E-state index contributed by atoms with van der Waals surface area (Å²) < 4.78 is 1.36. The maximum atomic E-state index is 10.4. The van der Waals surface area contributed by atoms with E-state index in [0.717, 1.165) is 0 Å². The SMILES string of the molecule is Cc1ncc([N+](=O)[O-])n1CCO.[AlH3].[AlH3].[AlH3].[AlH3].[AlH3].[AlH3].[AlH3].[AlH3]. The van der Waals surface area contributed by atoms with E-state index in [0.29, 0.717) is 5.82 Å². The van der Waals surface area contributed by atoms with E-state index in [2.05, 4.69) is 4.98 Å². The normalized spacial score (nSPS) is 6.10. The molecular weight excluding hydrogens is 378 g/mol. The van der Waals surface area contributed by atoms with E-state index in [1.807, 2.05) is 0 Å². The first kappa shape index (κ1) is 49.5. The quantitative estimate of drug-likeness (QED) is 0.305. The molecule has 1 N–H and O–H groups in total. The topological polar surface area (TPSA) is 81.2 Å². The summed E-state index contributed by atoms with van der Waals surface area (Å²) in [6.45, 7) is 1.74. The van der Waals surface area contributed by atoms with Gasteiger partial charge in [-0.3, -0.25) is 0 Å². The van der Waals surface area contributed by atoms with E-state index in [1.54, 1.807) is 6.92 Å². The summed E-state index contributed by atoms with van der Waals surface area (Å²) in [5.41, 5.74) is 0. The van der Waals surface area contributed by atoms with Crippen LogP contribution in [-0.2, 0) is 6.54 Å². The molecule has 20 heavy (non-hydrogen) atoms. The van der Waals surface area contributed by atoms with Gasteiger partial charge in [0.15, 0.2) is 145 Å². The molecule has 0 amide bonds. The van der Waals surface area contributed by atoms with Gasteiger partial charge in [0.1, 0.15) is 12.7 Å². The van der Waals surface area contributed by atoms with E-state index in [4.69, 9.17) is 5.11 Å². The Bertz CT molecular complexity index is 314. The van der Waals surface area contributed by atoms with Gasteiger partial charge in [-0.05, 0) is 4.92 Å². The Balaban J connectivity index is -0.0000000300. The van der Waals surface area contributed by atoms with Gasteiger partial charge in [0.25, 0.3) is 0 Å². The van der Waals surface area contributed by atoms with Crippen LogP contribution >= 0.6 is 0 Å². The second kappa shape index (κ2) is 26.7. The number of nitrogens with zero attached hydrogens (tertiary/aromatic N) is 3. The van der Waals surface area contributed by atoms with Crippen molar-refractivity contribution >= 4 is 145 Å². The molecule has 0 bridgehead atoms. The second-order valence-electron chi connectivity index (χ2n) is 2.30. The third-order valence-corrected chi connectivity index (χ3v) is 1.54. The Morgan fingerprint density at radius 1 is 1.15 bits per heavy atom. The monoisotopic (exact) mass is 411 g/mol. The maximum absolute atomic E-state index is 10.4. The molecule has 1 aromatic heterocycles. The minimum absolute atomic E-state index is 0. The van der Waals surface area contributed by atoms with Gasteiger partial charge in [-0.2, -0.15) is 0 Å². The number of aliphatic hydroxyl groups excluding tert-OH is 1. The number of aliphatic hydroxyl groups is 1. The lowest BCUT2D eigenvalue weighted by Gasteiger charge is -1.98. The number of hydrogen-bond acceptors (Lipinski definition) is 4. The Hall–Kier alpha value is 2.83. The highest BCUT2D eigenvalue weighted by atomic mass is 27.0. The van der Waals surface area contributed by atoms with Crippen LogP contribution in [0.5, 0.6) is 0 Å². The van der Waals surface area contributed by atoms with Crippen molar-refractivity contribution in [2.45, 2.75) is 13.5 Å². The highest BCUT2D eigenvalue weighted by Crippen LogP contribution is 2.12. The van der Waals surface area contributed by atoms with E-state index < -0.39 is 4.92 Å². The van der Waals surface area contributed by atoms with Gasteiger partial charge in [0.05, 0.1) is 6.61 Å². The van der Waals surface area contributed by atoms with Crippen molar-refractivity contribution < 1.29 is 10.0 Å². The molecule has 1 aromatic rings.